The van der Waals surface area contributed by atoms with Gasteiger partial charge in [0.1, 0.15) is 16.4 Å². The molecule has 2 heterocycles. The van der Waals surface area contributed by atoms with Gasteiger partial charge in [0.05, 0.1) is 17.7 Å². The summed E-state index contributed by atoms with van der Waals surface area (Å²) in [5, 5.41) is 0.0836. The minimum Gasteiger partial charge on any atom is -0.495 e. The number of nitrogens with zero attached hydrogens (tertiary/aromatic N) is 2. The molecule has 0 spiro atoms. The first-order chi connectivity index (χ1) is 15.0. The lowest BCUT2D eigenvalue weighted by molar-refractivity contribution is 0.0536. The Morgan fingerprint density at radius 1 is 0.968 bits per heavy atom. The van der Waals surface area contributed by atoms with Crippen LogP contribution in [0.5, 0.6) is 5.75 Å². The number of rotatable bonds is 4. The number of ether oxygens (including phenoxy) is 1. The molecule has 8 heteroatoms. The average molecular weight is 459 g/mol. The number of hydrogen-bond donors (Lipinski definition) is 0. The first-order valence-corrected chi connectivity index (χ1v) is 10.9. The van der Waals surface area contributed by atoms with Crippen molar-refractivity contribution in [3.05, 3.63) is 75.9 Å². The van der Waals surface area contributed by atoms with Crippen molar-refractivity contribution >= 4 is 34.8 Å². The van der Waals surface area contributed by atoms with E-state index in [4.69, 9.17) is 16.3 Å². The van der Waals surface area contributed by atoms with Crippen LogP contribution in [0.2, 0.25) is 5.02 Å². The highest BCUT2D eigenvalue weighted by molar-refractivity contribution is 7.17. The summed E-state index contributed by atoms with van der Waals surface area (Å²) in [5.41, 5.74) is 1.28. The van der Waals surface area contributed by atoms with Gasteiger partial charge in [0.15, 0.2) is 0 Å². The molecule has 3 aromatic rings. The van der Waals surface area contributed by atoms with Crippen molar-refractivity contribution in [1.29, 1.82) is 0 Å². The van der Waals surface area contributed by atoms with Crippen LogP contribution < -0.4 is 4.74 Å². The molecule has 31 heavy (non-hydrogen) atoms. The van der Waals surface area contributed by atoms with Crippen LogP contribution in [-0.4, -0.2) is 54.9 Å². The first-order valence-electron chi connectivity index (χ1n) is 9.75. The molecule has 5 nitrogen and oxygen atoms in total. The van der Waals surface area contributed by atoms with Crippen LogP contribution in [0.25, 0.3) is 10.4 Å². The van der Waals surface area contributed by atoms with E-state index < -0.39 is 5.82 Å². The van der Waals surface area contributed by atoms with Crippen molar-refractivity contribution in [3.8, 4) is 16.2 Å². The lowest BCUT2D eigenvalue weighted by atomic mass is 10.1. The van der Waals surface area contributed by atoms with Crippen LogP contribution in [0.1, 0.15) is 20.0 Å². The number of carbonyl (C=O) groups excluding carboxylic acids is 2. The highest BCUT2D eigenvalue weighted by atomic mass is 35.5. The molecule has 0 saturated carbocycles. The molecule has 0 radical (unpaired) electrons. The molecule has 4 rings (SSSR count). The molecule has 0 atom stereocenters. The van der Waals surface area contributed by atoms with Crippen LogP contribution in [0.4, 0.5) is 4.39 Å². The van der Waals surface area contributed by atoms with E-state index in [9.17, 15) is 14.0 Å². The van der Waals surface area contributed by atoms with Gasteiger partial charge >= 0.3 is 0 Å². The Bertz CT molecular complexity index is 1110. The summed E-state index contributed by atoms with van der Waals surface area (Å²) in [7, 11) is 1.55. The maximum absolute atomic E-state index is 13.3. The zero-order valence-electron chi connectivity index (χ0n) is 16.8. The van der Waals surface area contributed by atoms with Crippen LogP contribution in [0.15, 0.2) is 54.6 Å². The van der Waals surface area contributed by atoms with Gasteiger partial charge in [-0.25, -0.2) is 4.39 Å². The molecule has 1 fully saturated rings. The molecular formula is C23H20ClFN2O3S. The third-order valence-corrected chi connectivity index (χ3v) is 6.65. The molecule has 0 N–H and O–H groups in total. The largest absolute Gasteiger partial charge is 0.495 e. The molecule has 160 valence electrons. The van der Waals surface area contributed by atoms with E-state index in [2.05, 4.69) is 0 Å². The summed E-state index contributed by atoms with van der Waals surface area (Å²) in [6.07, 6.45) is 0. The fraction of sp³-hybridized carbons (Fsp3) is 0.217. The number of hydrogen-bond acceptors (Lipinski definition) is 4. The first kappa shape index (κ1) is 21.3. The van der Waals surface area contributed by atoms with E-state index in [0.29, 0.717) is 36.8 Å². The summed E-state index contributed by atoms with van der Waals surface area (Å²) in [6, 6.07) is 15.4. The minimum atomic E-state index is -0.489. The van der Waals surface area contributed by atoms with Gasteiger partial charge in [-0.15, -0.1) is 11.3 Å². The Morgan fingerprint density at radius 2 is 1.61 bits per heavy atom. The molecule has 0 bridgehead atoms. The lowest BCUT2D eigenvalue weighted by Gasteiger charge is -2.34. The molecule has 0 unspecified atom stereocenters. The Kier molecular flexibility index (Phi) is 6.25. The molecule has 1 saturated heterocycles. The topological polar surface area (TPSA) is 49.9 Å². The van der Waals surface area contributed by atoms with E-state index in [1.54, 1.807) is 16.9 Å². The van der Waals surface area contributed by atoms with E-state index in [-0.39, 0.29) is 22.4 Å². The second-order valence-electron chi connectivity index (χ2n) is 7.08. The molecule has 1 aromatic heterocycles. The van der Waals surface area contributed by atoms with Crippen molar-refractivity contribution in [2.24, 2.45) is 0 Å². The summed E-state index contributed by atoms with van der Waals surface area (Å²) >= 11 is 7.42. The predicted molar refractivity (Wildman–Crippen MR) is 120 cm³/mol. The Labute approximate surface area is 188 Å². The third kappa shape index (κ3) is 4.43. The standard InChI is InChI=1S/C23H20ClFN2O3S/c1-30-19-14-20(15-5-3-2-4-6-15)31-21(19)23(29)27-11-9-26(10-12-27)22(28)17-8-7-16(25)13-18(17)24/h2-8,13-14H,9-12H2,1H3. The quantitative estimate of drug-likeness (QED) is 0.563. The van der Waals surface area contributed by atoms with E-state index in [1.807, 2.05) is 36.4 Å². The normalized spacial score (nSPS) is 13.9. The van der Waals surface area contributed by atoms with Gasteiger partial charge in [0, 0.05) is 31.1 Å². The van der Waals surface area contributed by atoms with Crippen molar-refractivity contribution in [2.75, 3.05) is 33.3 Å². The monoisotopic (exact) mass is 458 g/mol. The summed E-state index contributed by atoms with van der Waals surface area (Å²) in [6.45, 7) is 1.53. The number of methoxy groups -OCH3 is 1. The highest BCUT2D eigenvalue weighted by Crippen LogP contribution is 2.37. The smallest absolute Gasteiger partial charge is 0.267 e. The fourth-order valence-corrected chi connectivity index (χ4v) is 4.86. The van der Waals surface area contributed by atoms with Crippen LogP contribution in [0, 0.1) is 5.82 Å². The maximum Gasteiger partial charge on any atom is 0.267 e. The molecule has 0 aliphatic carbocycles. The van der Waals surface area contributed by atoms with Crippen LogP contribution >= 0.6 is 22.9 Å². The van der Waals surface area contributed by atoms with Gasteiger partial charge in [0.25, 0.3) is 11.8 Å². The van der Waals surface area contributed by atoms with Gasteiger partial charge < -0.3 is 14.5 Å². The van der Waals surface area contributed by atoms with Crippen LogP contribution in [-0.2, 0) is 0 Å². The van der Waals surface area contributed by atoms with Crippen molar-refractivity contribution in [3.63, 3.8) is 0 Å². The summed E-state index contributed by atoms with van der Waals surface area (Å²) in [4.78, 5) is 30.7. The SMILES string of the molecule is COc1cc(-c2ccccc2)sc1C(=O)N1CCN(C(=O)c2ccc(F)cc2Cl)CC1. The number of benzene rings is 2. The van der Waals surface area contributed by atoms with Crippen molar-refractivity contribution in [2.45, 2.75) is 0 Å². The van der Waals surface area contributed by atoms with Crippen molar-refractivity contribution in [1.82, 2.24) is 9.80 Å². The van der Waals surface area contributed by atoms with Gasteiger partial charge in [-0.2, -0.15) is 0 Å². The Balaban J connectivity index is 1.46. The Morgan fingerprint density at radius 3 is 2.23 bits per heavy atom. The number of halogens is 2. The molecule has 1 aliphatic rings. The van der Waals surface area contributed by atoms with Crippen LogP contribution in [0.3, 0.4) is 0 Å². The maximum atomic E-state index is 13.3. The second-order valence-corrected chi connectivity index (χ2v) is 8.54. The summed E-state index contributed by atoms with van der Waals surface area (Å²) < 4.78 is 18.7. The Hall–Kier alpha value is -2.90. The zero-order valence-corrected chi connectivity index (χ0v) is 18.4. The number of piperazine rings is 1. The highest BCUT2D eigenvalue weighted by Gasteiger charge is 2.29. The molecule has 2 aromatic carbocycles. The van der Waals surface area contributed by atoms with Gasteiger partial charge in [-0.05, 0) is 29.8 Å². The van der Waals surface area contributed by atoms with E-state index >= 15 is 0 Å². The van der Waals surface area contributed by atoms with Gasteiger partial charge in [0.2, 0.25) is 0 Å². The number of amides is 2. The number of thiophene rings is 1. The van der Waals surface area contributed by atoms with Crippen molar-refractivity contribution < 1.29 is 18.7 Å². The third-order valence-electron chi connectivity index (χ3n) is 5.19. The molecular weight excluding hydrogens is 439 g/mol. The average Bonchev–Trinajstić information content (AvgIpc) is 3.23. The number of carbonyl (C=O) groups is 2. The molecule has 2 amide bonds. The lowest BCUT2D eigenvalue weighted by Crippen LogP contribution is -2.50. The molecule has 1 aliphatic heterocycles. The predicted octanol–water partition coefficient (Wildman–Crippen LogP) is 4.81. The fourth-order valence-electron chi connectivity index (χ4n) is 3.51. The second kappa shape index (κ2) is 9.08. The minimum absolute atomic E-state index is 0.0836. The van der Waals surface area contributed by atoms with E-state index in [0.717, 1.165) is 16.5 Å². The van der Waals surface area contributed by atoms with Gasteiger partial charge in [-0.1, -0.05) is 41.9 Å². The zero-order chi connectivity index (χ0) is 22.0. The van der Waals surface area contributed by atoms with Gasteiger partial charge in [-0.3, -0.25) is 9.59 Å². The summed E-state index contributed by atoms with van der Waals surface area (Å²) in [5.74, 6) is -0.324. The van der Waals surface area contributed by atoms with E-state index in [1.165, 1.54) is 23.5 Å².